The summed E-state index contributed by atoms with van der Waals surface area (Å²) in [5.74, 6) is 0.102. The zero-order chi connectivity index (χ0) is 17.6. The Labute approximate surface area is 143 Å². The Bertz CT molecular complexity index is 704. The second kappa shape index (κ2) is 7.96. The lowest BCUT2D eigenvalue weighted by Crippen LogP contribution is -2.54. The molecule has 0 fully saturated rings. The van der Waals surface area contributed by atoms with E-state index in [-0.39, 0.29) is 18.1 Å². The summed E-state index contributed by atoms with van der Waals surface area (Å²) in [6.45, 7) is 3.20. The maximum atomic E-state index is 12.1. The molecule has 1 atom stereocenters. The lowest BCUT2D eigenvalue weighted by molar-refractivity contribution is -0.146. The number of nitrogens with one attached hydrogen (secondary N) is 1. The van der Waals surface area contributed by atoms with E-state index in [9.17, 15) is 14.7 Å². The average molecular weight is 349 g/mol. The largest absolute Gasteiger partial charge is 0.480 e. The predicted molar refractivity (Wildman–Crippen MR) is 89.5 cm³/mol. The number of benzene rings is 1. The molecule has 1 amide bonds. The Kier molecular flexibility index (Phi) is 5.97. The zero-order valence-electron chi connectivity index (χ0n) is 13.5. The third kappa shape index (κ3) is 5.09. The molecule has 0 saturated carbocycles. The molecule has 0 spiro atoms. The highest BCUT2D eigenvalue weighted by Crippen LogP contribution is 2.15. The molecule has 1 heterocycles. The number of aromatic nitrogens is 2. The van der Waals surface area contributed by atoms with Gasteiger partial charge in [-0.1, -0.05) is 35.5 Å². The van der Waals surface area contributed by atoms with E-state index in [0.29, 0.717) is 17.5 Å². The van der Waals surface area contributed by atoms with E-state index in [1.807, 2.05) is 30.3 Å². The smallest absolute Gasteiger partial charge is 0.329 e. The molecule has 0 aliphatic carbocycles. The van der Waals surface area contributed by atoms with Crippen molar-refractivity contribution >= 4 is 23.6 Å². The molecule has 2 aromatic rings. The third-order valence-corrected chi connectivity index (χ3v) is 4.25. The molecule has 0 aliphatic heterocycles. The summed E-state index contributed by atoms with van der Waals surface area (Å²) in [5, 5.41) is 15.8. The summed E-state index contributed by atoms with van der Waals surface area (Å²) in [6, 6.07) is 9.20. The van der Waals surface area contributed by atoms with Crippen LogP contribution in [-0.2, 0) is 21.8 Å². The normalized spacial score (nSPS) is 13.2. The maximum absolute atomic E-state index is 12.1. The number of aliphatic carboxylic acids is 1. The summed E-state index contributed by atoms with van der Waals surface area (Å²) in [7, 11) is 0. The van der Waals surface area contributed by atoms with Crippen LogP contribution in [0.1, 0.15) is 24.2 Å². The van der Waals surface area contributed by atoms with Crippen molar-refractivity contribution in [2.75, 3.05) is 5.75 Å². The number of amides is 1. The monoisotopic (exact) mass is 349 g/mol. The first kappa shape index (κ1) is 18.0. The van der Waals surface area contributed by atoms with Gasteiger partial charge in [-0.15, -0.1) is 11.8 Å². The van der Waals surface area contributed by atoms with Crippen molar-refractivity contribution in [1.82, 2.24) is 15.5 Å². The van der Waals surface area contributed by atoms with E-state index >= 15 is 0 Å². The van der Waals surface area contributed by atoms with Crippen molar-refractivity contribution in [1.29, 1.82) is 0 Å². The van der Waals surface area contributed by atoms with Gasteiger partial charge in [-0.2, -0.15) is 4.98 Å². The number of hydrogen-bond donors (Lipinski definition) is 2. The minimum atomic E-state index is -1.36. The second-order valence-corrected chi connectivity index (χ2v) is 6.56. The highest BCUT2D eigenvalue weighted by Gasteiger charge is 2.34. The molecular formula is C16H19N3O4S. The minimum absolute atomic E-state index is 0.116. The lowest BCUT2D eigenvalue weighted by Gasteiger charge is -2.26. The number of rotatable bonds is 8. The summed E-state index contributed by atoms with van der Waals surface area (Å²) in [5.41, 5.74) is -0.514. The number of aryl methyl sites for hydroxylation is 1. The Morgan fingerprint density at radius 1 is 1.33 bits per heavy atom. The zero-order valence-corrected chi connectivity index (χ0v) is 14.3. The van der Waals surface area contributed by atoms with Crippen LogP contribution in [0, 0.1) is 6.92 Å². The van der Waals surface area contributed by atoms with E-state index < -0.39 is 11.5 Å². The minimum Gasteiger partial charge on any atom is -0.480 e. The molecule has 0 radical (unpaired) electrons. The van der Waals surface area contributed by atoms with Gasteiger partial charge in [-0.3, -0.25) is 4.79 Å². The van der Waals surface area contributed by atoms with Crippen molar-refractivity contribution in [2.24, 2.45) is 0 Å². The summed E-state index contributed by atoms with van der Waals surface area (Å²) in [4.78, 5) is 27.7. The lowest BCUT2D eigenvalue weighted by atomic mass is 9.93. The molecule has 1 aromatic carbocycles. The van der Waals surface area contributed by atoms with E-state index in [1.54, 1.807) is 6.92 Å². The number of nitrogens with zero attached hydrogens (tertiary/aromatic N) is 2. The second-order valence-electron chi connectivity index (χ2n) is 5.57. The predicted octanol–water partition coefficient (Wildman–Crippen LogP) is 1.81. The molecule has 2 rings (SSSR count). The van der Waals surface area contributed by atoms with Crippen molar-refractivity contribution in [3.05, 3.63) is 47.6 Å². The topological polar surface area (TPSA) is 105 Å². The summed E-state index contributed by atoms with van der Waals surface area (Å²) < 4.78 is 4.85. The molecule has 0 bridgehead atoms. The molecular weight excluding hydrogens is 330 g/mol. The number of thioether (sulfide) groups is 1. The van der Waals surface area contributed by atoms with Crippen LogP contribution in [0.2, 0.25) is 0 Å². The van der Waals surface area contributed by atoms with Gasteiger partial charge in [0.05, 0.1) is 11.5 Å². The number of carboxylic acids is 1. The van der Waals surface area contributed by atoms with Gasteiger partial charge < -0.3 is 14.9 Å². The van der Waals surface area contributed by atoms with Gasteiger partial charge in [0, 0.05) is 13.3 Å². The first-order chi connectivity index (χ1) is 11.4. The number of carboxylic acid groups (broad SMARTS) is 1. The van der Waals surface area contributed by atoms with Gasteiger partial charge in [-0.05, 0) is 12.5 Å². The Morgan fingerprint density at radius 2 is 2.04 bits per heavy atom. The van der Waals surface area contributed by atoms with Gasteiger partial charge in [-0.25, -0.2) is 4.79 Å². The van der Waals surface area contributed by atoms with E-state index in [4.69, 9.17) is 4.52 Å². The van der Waals surface area contributed by atoms with E-state index in [2.05, 4.69) is 15.5 Å². The van der Waals surface area contributed by atoms with Crippen molar-refractivity contribution < 1.29 is 19.2 Å². The molecule has 24 heavy (non-hydrogen) atoms. The van der Waals surface area contributed by atoms with Crippen molar-refractivity contribution in [3.63, 3.8) is 0 Å². The number of hydrogen-bond acceptors (Lipinski definition) is 6. The van der Waals surface area contributed by atoms with Gasteiger partial charge in [0.2, 0.25) is 11.8 Å². The molecule has 0 saturated heterocycles. The standard InChI is InChI=1S/C16H19N3O4S/c1-11-17-13(19-23-11)9-24-10-14(20)18-16(2,15(21)22)8-12-6-4-3-5-7-12/h3-7H,8-10H2,1-2H3,(H,18,20)(H,21,22). The fourth-order valence-corrected chi connectivity index (χ4v) is 2.82. The van der Waals surface area contributed by atoms with Crippen molar-refractivity contribution in [2.45, 2.75) is 31.6 Å². The highest BCUT2D eigenvalue weighted by atomic mass is 32.2. The SMILES string of the molecule is Cc1nc(CSCC(=O)NC(C)(Cc2ccccc2)C(=O)O)no1. The van der Waals surface area contributed by atoms with Crippen LogP contribution < -0.4 is 5.32 Å². The van der Waals surface area contributed by atoms with Gasteiger partial charge in [0.15, 0.2) is 5.82 Å². The molecule has 128 valence electrons. The molecule has 1 aromatic heterocycles. The van der Waals surface area contributed by atoms with Crippen LogP contribution in [-0.4, -0.2) is 38.4 Å². The fraction of sp³-hybridized carbons (Fsp3) is 0.375. The van der Waals surface area contributed by atoms with Crippen molar-refractivity contribution in [3.8, 4) is 0 Å². The first-order valence-corrected chi connectivity index (χ1v) is 8.50. The quantitative estimate of drug-likeness (QED) is 0.749. The first-order valence-electron chi connectivity index (χ1n) is 7.34. The van der Waals surface area contributed by atoms with E-state index in [0.717, 1.165) is 5.56 Å². The van der Waals surface area contributed by atoms with Gasteiger partial charge >= 0.3 is 5.97 Å². The van der Waals surface area contributed by atoms with Crippen LogP contribution in [0.25, 0.3) is 0 Å². The maximum Gasteiger partial charge on any atom is 0.329 e. The average Bonchev–Trinajstić information content (AvgIpc) is 2.93. The summed E-state index contributed by atoms with van der Waals surface area (Å²) in [6.07, 6.45) is 0.212. The molecule has 7 nitrogen and oxygen atoms in total. The summed E-state index contributed by atoms with van der Waals surface area (Å²) >= 11 is 1.30. The molecule has 2 N–H and O–H groups in total. The third-order valence-electron chi connectivity index (χ3n) is 3.32. The number of carbonyl (C=O) groups excluding carboxylic acids is 1. The van der Waals surface area contributed by atoms with Crippen LogP contribution in [0.15, 0.2) is 34.9 Å². The van der Waals surface area contributed by atoms with Crippen LogP contribution in [0.5, 0.6) is 0 Å². The van der Waals surface area contributed by atoms with Crippen LogP contribution in [0.4, 0.5) is 0 Å². The Morgan fingerprint density at radius 3 is 2.62 bits per heavy atom. The molecule has 1 unspecified atom stereocenters. The van der Waals surface area contributed by atoms with Crippen LogP contribution in [0.3, 0.4) is 0 Å². The van der Waals surface area contributed by atoms with Gasteiger partial charge in [0.1, 0.15) is 5.54 Å². The number of carbonyl (C=O) groups is 2. The Hall–Kier alpha value is -2.35. The Balaban J connectivity index is 1.89. The highest BCUT2D eigenvalue weighted by molar-refractivity contribution is 7.99. The molecule has 0 aliphatic rings. The van der Waals surface area contributed by atoms with E-state index in [1.165, 1.54) is 18.7 Å². The van der Waals surface area contributed by atoms with Gasteiger partial charge in [0.25, 0.3) is 0 Å². The van der Waals surface area contributed by atoms with Crippen LogP contribution >= 0.6 is 11.8 Å². The molecule has 8 heteroatoms. The fourth-order valence-electron chi connectivity index (χ4n) is 2.16.